The van der Waals surface area contributed by atoms with Gasteiger partial charge in [0.2, 0.25) is 0 Å². The van der Waals surface area contributed by atoms with Crippen molar-refractivity contribution in [3.8, 4) is 0 Å². The number of ether oxygens (including phenoxy) is 1. The van der Waals surface area contributed by atoms with Crippen LogP contribution in [-0.2, 0) is 4.74 Å². The second-order valence-corrected chi connectivity index (χ2v) is 8.64. The molecule has 1 amide bonds. The molecule has 0 aliphatic heterocycles. The average Bonchev–Trinajstić information content (AvgIpc) is 2.70. The largest absolute Gasteiger partial charge is 0.444 e. The van der Waals surface area contributed by atoms with Crippen molar-refractivity contribution in [2.45, 2.75) is 70.9 Å². The molecule has 0 radical (unpaired) electrons. The molecule has 0 aromatic heterocycles. The summed E-state index contributed by atoms with van der Waals surface area (Å²) < 4.78 is 5.31. The van der Waals surface area contributed by atoms with Crippen molar-refractivity contribution in [1.29, 1.82) is 0 Å². The van der Waals surface area contributed by atoms with Crippen molar-refractivity contribution < 1.29 is 14.6 Å². The van der Waals surface area contributed by atoms with E-state index in [9.17, 15) is 9.90 Å². The van der Waals surface area contributed by atoms with E-state index >= 15 is 0 Å². The Balaban J connectivity index is 1.59. The Hall–Kier alpha value is -0.770. The highest BCUT2D eigenvalue weighted by molar-refractivity contribution is 5.68. The third kappa shape index (κ3) is 3.05. The van der Waals surface area contributed by atoms with Gasteiger partial charge in [0.05, 0.1) is 12.6 Å². The smallest absolute Gasteiger partial charge is 0.407 e. The molecule has 4 fully saturated rings. The second-order valence-electron chi connectivity index (χ2n) is 8.64. The van der Waals surface area contributed by atoms with Crippen molar-refractivity contribution in [3.05, 3.63) is 0 Å². The third-order valence-electron chi connectivity index (χ3n) is 5.75. The molecule has 0 aromatic carbocycles. The van der Waals surface area contributed by atoms with Crippen LogP contribution in [0.2, 0.25) is 0 Å². The van der Waals surface area contributed by atoms with Crippen LogP contribution in [0.3, 0.4) is 0 Å². The summed E-state index contributed by atoms with van der Waals surface area (Å²) in [7, 11) is 0. The molecule has 0 heterocycles. The number of aliphatic hydroxyl groups is 1. The summed E-state index contributed by atoms with van der Waals surface area (Å²) in [6.45, 7) is 5.58. The predicted molar refractivity (Wildman–Crippen MR) is 80.8 cm³/mol. The van der Waals surface area contributed by atoms with Gasteiger partial charge < -0.3 is 15.2 Å². The highest BCUT2D eigenvalue weighted by Crippen LogP contribution is 2.66. The predicted octanol–water partition coefficient (Wildman–Crippen LogP) is 3.09. The number of aliphatic hydroxyl groups excluding tert-OH is 1. The van der Waals surface area contributed by atoms with Crippen LogP contribution in [0.1, 0.15) is 59.3 Å². The maximum atomic E-state index is 11.9. The first-order valence-electron chi connectivity index (χ1n) is 8.40. The van der Waals surface area contributed by atoms with E-state index in [4.69, 9.17) is 4.74 Å². The van der Waals surface area contributed by atoms with E-state index < -0.39 is 11.7 Å². The zero-order valence-corrected chi connectivity index (χ0v) is 13.5. The monoisotopic (exact) mass is 295 g/mol. The lowest BCUT2D eigenvalue weighted by atomic mass is 9.72. The molecular formula is C17H29NO3. The molecule has 4 rings (SSSR count). The van der Waals surface area contributed by atoms with Gasteiger partial charge in [0.25, 0.3) is 0 Å². The fraction of sp³-hybridized carbons (Fsp3) is 0.941. The lowest BCUT2D eigenvalue weighted by molar-refractivity contribution is 0.0441. The Bertz CT molecular complexity index is 401. The highest BCUT2D eigenvalue weighted by atomic mass is 16.6. The molecule has 4 aliphatic carbocycles. The Morgan fingerprint density at radius 3 is 2.43 bits per heavy atom. The lowest BCUT2D eigenvalue weighted by Gasteiger charge is -2.36. The first-order valence-corrected chi connectivity index (χ1v) is 8.40. The number of rotatable bonds is 4. The van der Waals surface area contributed by atoms with Gasteiger partial charge in [-0.3, -0.25) is 0 Å². The fourth-order valence-electron chi connectivity index (χ4n) is 5.42. The zero-order valence-electron chi connectivity index (χ0n) is 13.5. The van der Waals surface area contributed by atoms with Gasteiger partial charge in [-0.1, -0.05) is 0 Å². The molecule has 21 heavy (non-hydrogen) atoms. The van der Waals surface area contributed by atoms with Crippen molar-refractivity contribution in [2.24, 2.45) is 23.2 Å². The first kappa shape index (κ1) is 15.1. The average molecular weight is 295 g/mol. The molecule has 2 N–H and O–H groups in total. The molecular weight excluding hydrogens is 266 g/mol. The van der Waals surface area contributed by atoms with Crippen LogP contribution >= 0.6 is 0 Å². The molecule has 0 saturated heterocycles. The summed E-state index contributed by atoms with van der Waals surface area (Å²) in [6, 6.07) is -0.169. The fourth-order valence-corrected chi connectivity index (χ4v) is 5.42. The standard InChI is InChI=1S/C17H29NO3/c1-16(2,3)21-15(20)18-14(10-19)9-17-7-11-4-12(8-17)6-13(17)5-11/h11-14,19H,4-10H2,1-3H3,(H,18,20)/t11?,12?,13?,14-,17?/m0/s1. The van der Waals surface area contributed by atoms with Gasteiger partial charge in [-0.05, 0) is 82.5 Å². The van der Waals surface area contributed by atoms with E-state index in [-0.39, 0.29) is 12.6 Å². The lowest BCUT2D eigenvalue weighted by Crippen LogP contribution is -2.44. The van der Waals surface area contributed by atoms with Crippen molar-refractivity contribution in [3.63, 3.8) is 0 Å². The summed E-state index contributed by atoms with van der Waals surface area (Å²) in [4.78, 5) is 11.9. The summed E-state index contributed by atoms with van der Waals surface area (Å²) in [5.74, 6) is 2.64. The molecule has 3 atom stereocenters. The van der Waals surface area contributed by atoms with Gasteiger partial charge in [0.15, 0.2) is 0 Å². The second kappa shape index (κ2) is 5.15. The first-order chi connectivity index (χ1) is 9.79. The van der Waals surface area contributed by atoms with Gasteiger partial charge in [-0.25, -0.2) is 4.79 Å². The number of amides is 1. The normalized spacial score (nSPS) is 38.6. The molecule has 4 heteroatoms. The van der Waals surface area contributed by atoms with Crippen molar-refractivity contribution in [2.75, 3.05) is 6.61 Å². The van der Waals surface area contributed by atoms with Gasteiger partial charge in [0, 0.05) is 0 Å². The quantitative estimate of drug-likeness (QED) is 0.838. The van der Waals surface area contributed by atoms with Gasteiger partial charge in [-0.2, -0.15) is 0 Å². The van der Waals surface area contributed by atoms with E-state index in [1.165, 1.54) is 32.1 Å². The van der Waals surface area contributed by atoms with E-state index in [0.29, 0.717) is 5.41 Å². The minimum atomic E-state index is -0.493. The SMILES string of the molecule is CC(C)(C)OC(=O)N[C@H](CO)CC12CC3CC(CC1C3)C2. The summed E-state index contributed by atoms with van der Waals surface area (Å²) >= 11 is 0. The van der Waals surface area contributed by atoms with Crippen LogP contribution in [0.25, 0.3) is 0 Å². The molecule has 0 spiro atoms. The number of hydrogen-bond acceptors (Lipinski definition) is 3. The van der Waals surface area contributed by atoms with Crippen LogP contribution in [0.4, 0.5) is 4.79 Å². The zero-order chi connectivity index (χ0) is 15.3. The molecule has 0 aromatic rings. The van der Waals surface area contributed by atoms with Crippen LogP contribution in [-0.4, -0.2) is 29.4 Å². The number of alkyl carbamates (subject to hydrolysis) is 1. The third-order valence-corrected chi connectivity index (χ3v) is 5.75. The Morgan fingerprint density at radius 2 is 1.90 bits per heavy atom. The van der Waals surface area contributed by atoms with E-state index in [2.05, 4.69) is 5.32 Å². The molecule has 4 saturated carbocycles. The molecule has 4 bridgehead atoms. The summed E-state index contributed by atoms with van der Waals surface area (Å²) in [6.07, 6.45) is 7.29. The van der Waals surface area contributed by atoms with Gasteiger partial charge in [0.1, 0.15) is 5.60 Å². The minimum Gasteiger partial charge on any atom is -0.444 e. The number of hydrogen-bond donors (Lipinski definition) is 2. The maximum absolute atomic E-state index is 11.9. The number of nitrogens with one attached hydrogen (secondary N) is 1. The Labute approximate surface area is 127 Å². The Morgan fingerprint density at radius 1 is 1.29 bits per heavy atom. The minimum absolute atomic E-state index is 0.00302. The molecule has 2 unspecified atom stereocenters. The van der Waals surface area contributed by atoms with Crippen molar-refractivity contribution in [1.82, 2.24) is 5.32 Å². The molecule has 120 valence electrons. The van der Waals surface area contributed by atoms with Crippen LogP contribution in [0, 0.1) is 23.2 Å². The van der Waals surface area contributed by atoms with E-state index in [1.807, 2.05) is 20.8 Å². The van der Waals surface area contributed by atoms with Crippen molar-refractivity contribution >= 4 is 6.09 Å². The van der Waals surface area contributed by atoms with Crippen LogP contribution in [0.15, 0.2) is 0 Å². The van der Waals surface area contributed by atoms with Crippen LogP contribution in [0.5, 0.6) is 0 Å². The summed E-state index contributed by atoms with van der Waals surface area (Å²) in [5.41, 5.74) is -0.108. The van der Waals surface area contributed by atoms with E-state index in [1.54, 1.807) is 0 Å². The highest BCUT2D eigenvalue weighted by Gasteiger charge is 2.57. The van der Waals surface area contributed by atoms with Gasteiger partial charge >= 0.3 is 6.09 Å². The number of carbonyl (C=O) groups is 1. The number of carbonyl (C=O) groups excluding carboxylic acids is 1. The molecule has 4 aliphatic rings. The van der Waals surface area contributed by atoms with Crippen LogP contribution < -0.4 is 5.32 Å². The maximum Gasteiger partial charge on any atom is 0.407 e. The Kier molecular flexibility index (Phi) is 3.71. The topological polar surface area (TPSA) is 58.6 Å². The van der Waals surface area contributed by atoms with Gasteiger partial charge in [-0.15, -0.1) is 0 Å². The molecule has 4 nitrogen and oxygen atoms in total. The summed E-state index contributed by atoms with van der Waals surface area (Å²) in [5, 5.41) is 12.5. The van der Waals surface area contributed by atoms with E-state index in [0.717, 1.165) is 24.2 Å².